The smallest absolute Gasteiger partial charge is 0.255 e. The van der Waals surface area contributed by atoms with E-state index in [0.717, 1.165) is 43.0 Å². The standard InChI is InChI=1S/C13H22N4O/c1-9-12(10(2)17(3)16-9)13(18)15-7-5-11-4-6-14-8-11/h11,14H,4-8H2,1-3H3,(H,15,18). The van der Waals surface area contributed by atoms with Crippen molar-refractivity contribution in [2.24, 2.45) is 13.0 Å². The molecule has 0 bridgehead atoms. The molecule has 1 atom stereocenters. The fourth-order valence-electron chi connectivity index (χ4n) is 2.54. The number of rotatable bonds is 4. The van der Waals surface area contributed by atoms with Crippen LogP contribution in [0.1, 0.15) is 34.6 Å². The number of carbonyl (C=O) groups is 1. The fraction of sp³-hybridized carbons (Fsp3) is 0.692. The molecule has 2 N–H and O–H groups in total. The lowest BCUT2D eigenvalue weighted by atomic mass is 10.1. The van der Waals surface area contributed by atoms with Crippen molar-refractivity contribution in [2.45, 2.75) is 26.7 Å². The molecule has 0 aliphatic carbocycles. The molecule has 1 fully saturated rings. The first kappa shape index (κ1) is 13.1. The third-order valence-corrected chi connectivity index (χ3v) is 3.74. The maximum absolute atomic E-state index is 12.1. The van der Waals surface area contributed by atoms with Crippen LogP contribution >= 0.6 is 0 Å². The predicted octanol–water partition coefficient (Wildman–Crippen LogP) is 0.766. The zero-order valence-electron chi connectivity index (χ0n) is 11.4. The largest absolute Gasteiger partial charge is 0.352 e. The first-order valence-electron chi connectivity index (χ1n) is 6.58. The van der Waals surface area contributed by atoms with E-state index in [4.69, 9.17) is 0 Å². The van der Waals surface area contributed by atoms with E-state index in [2.05, 4.69) is 15.7 Å². The Hall–Kier alpha value is -1.36. The zero-order chi connectivity index (χ0) is 13.1. The monoisotopic (exact) mass is 250 g/mol. The number of amides is 1. The minimum absolute atomic E-state index is 0.00376. The van der Waals surface area contributed by atoms with Gasteiger partial charge in [0.05, 0.1) is 11.3 Å². The molecule has 2 rings (SSSR count). The summed E-state index contributed by atoms with van der Waals surface area (Å²) in [5.41, 5.74) is 2.45. The van der Waals surface area contributed by atoms with Gasteiger partial charge in [-0.2, -0.15) is 5.10 Å². The molecule has 100 valence electrons. The van der Waals surface area contributed by atoms with Crippen LogP contribution in [0.4, 0.5) is 0 Å². The van der Waals surface area contributed by atoms with Crippen molar-refractivity contribution in [1.82, 2.24) is 20.4 Å². The minimum atomic E-state index is 0.00376. The summed E-state index contributed by atoms with van der Waals surface area (Å²) in [6.07, 6.45) is 2.28. The van der Waals surface area contributed by atoms with Gasteiger partial charge in [-0.15, -0.1) is 0 Å². The molecular formula is C13H22N4O. The molecule has 0 radical (unpaired) electrons. The van der Waals surface area contributed by atoms with E-state index in [1.165, 1.54) is 6.42 Å². The van der Waals surface area contributed by atoms with Crippen molar-refractivity contribution in [3.8, 4) is 0 Å². The molecule has 1 aromatic heterocycles. The van der Waals surface area contributed by atoms with Gasteiger partial charge in [-0.1, -0.05) is 0 Å². The Morgan fingerprint density at radius 1 is 1.56 bits per heavy atom. The maximum Gasteiger partial charge on any atom is 0.255 e. The van der Waals surface area contributed by atoms with Gasteiger partial charge in [0.25, 0.3) is 5.91 Å². The summed E-state index contributed by atoms with van der Waals surface area (Å²) in [5, 5.41) is 10.6. The van der Waals surface area contributed by atoms with Crippen LogP contribution in [0, 0.1) is 19.8 Å². The normalized spacial score (nSPS) is 19.2. The summed E-state index contributed by atoms with van der Waals surface area (Å²) in [5.74, 6) is 0.713. The Kier molecular flexibility index (Phi) is 4.01. The fourth-order valence-corrected chi connectivity index (χ4v) is 2.54. The van der Waals surface area contributed by atoms with Crippen LogP contribution in [-0.2, 0) is 7.05 Å². The van der Waals surface area contributed by atoms with Crippen LogP contribution in [0.5, 0.6) is 0 Å². The van der Waals surface area contributed by atoms with Crippen LogP contribution in [-0.4, -0.2) is 35.3 Å². The molecule has 1 aliphatic heterocycles. The van der Waals surface area contributed by atoms with Gasteiger partial charge in [0, 0.05) is 19.3 Å². The molecule has 0 spiro atoms. The van der Waals surface area contributed by atoms with Crippen molar-refractivity contribution < 1.29 is 4.79 Å². The van der Waals surface area contributed by atoms with Crippen LogP contribution in [0.2, 0.25) is 0 Å². The zero-order valence-corrected chi connectivity index (χ0v) is 11.4. The lowest BCUT2D eigenvalue weighted by molar-refractivity contribution is 0.0950. The number of hydrogen-bond donors (Lipinski definition) is 2. The van der Waals surface area contributed by atoms with Gasteiger partial charge in [0.1, 0.15) is 0 Å². The Balaban J connectivity index is 1.87. The molecule has 5 nitrogen and oxygen atoms in total. The van der Waals surface area contributed by atoms with Crippen LogP contribution in [0.15, 0.2) is 0 Å². The first-order chi connectivity index (χ1) is 8.59. The lowest BCUT2D eigenvalue weighted by Gasteiger charge is -2.09. The van der Waals surface area contributed by atoms with Gasteiger partial charge in [-0.05, 0) is 45.7 Å². The highest BCUT2D eigenvalue weighted by Crippen LogP contribution is 2.13. The quantitative estimate of drug-likeness (QED) is 0.829. The summed E-state index contributed by atoms with van der Waals surface area (Å²) in [6, 6.07) is 0. The maximum atomic E-state index is 12.1. The van der Waals surface area contributed by atoms with E-state index in [-0.39, 0.29) is 5.91 Å². The molecule has 1 saturated heterocycles. The number of aryl methyl sites for hydroxylation is 2. The number of aromatic nitrogens is 2. The number of nitrogens with one attached hydrogen (secondary N) is 2. The number of nitrogens with zero attached hydrogens (tertiary/aromatic N) is 2. The molecule has 1 aliphatic rings. The summed E-state index contributed by atoms with van der Waals surface area (Å²) in [4.78, 5) is 12.1. The average molecular weight is 250 g/mol. The second-order valence-electron chi connectivity index (χ2n) is 5.07. The topological polar surface area (TPSA) is 59.0 Å². The average Bonchev–Trinajstić information content (AvgIpc) is 2.89. The van der Waals surface area contributed by atoms with Crippen LogP contribution in [0.3, 0.4) is 0 Å². The molecule has 1 amide bonds. The lowest BCUT2D eigenvalue weighted by Crippen LogP contribution is -2.27. The van der Waals surface area contributed by atoms with Gasteiger partial charge in [0.2, 0.25) is 0 Å². The summed E-state index contributed by atoms with van der Waals surface area (Å²) in [7, 11) is 1.86. The minimum Gasteiger partial charge on any atom is -0.352 e. The van der Waals surface area contributed by atoms with Crippen molar-refractivity contribution in [2.75, 3.05) is 19.6 Å². The molecule has 2 heterocycles. The Bertz CT molecular complexity index is 432. The van der Waals surface area contributed by atoms with E-state index >= 15 is 0 Å². The van der Waals surface area contributed by atoms with Gasteiger partial charge < -0.3 is 10.6 Å². The Morgan fingerprint density at radius 2 is 2.33 bits per heavy atom. The SMILES string of the molecule is Cc1nn(C)c(C)c1C(=O)NCCC1CCNC1. The van der Waals surface area contributed by atoms with Gasteiger partial charge in [0.15, 0.2) is 0 Å². The van der Waals surface area contributed by atoms with E-state index < -0.39 is 0 Å². The molecular weight excluding hydrogens is 228 g/mol. The van der Waals surface area contributed by atoms with Crippen LogP contribution < -0.4 is 10.6 Å². The van der Waals surface area contributed by atoms with E-state index in [9.17, 15) is 4.79 Å². The van der Waals surface area contributed by atoms with Crippen molar-refractivity contribution in [3.05, 3.63) is 17.0 Å². The van der Waals surface area contributed by atoms with Gasteiger partial charge >= 0.3 is 0 Å². The summed E-state index contributed by atoms with van der Waals surface area (Å²) < 4.78 is 1.76. The van der Waals surface area contributed by atoms with Crippen molar-refractivity contribution >= 4 is 5.91 Å². The summed E-state index contributed by atoms with van der Waals surface area (Å²) in [6.45, 7) is 6.75. The number of carbonyl (C=O) groups excluding carboxylic acids is 1. The van der Waals surface area contributed by atoms with Gasteiger partial charge in [-0.3, -0.25) is 9.48 Å². The predicted molar refractivity (Wildman–Crippen MR) is 70.6 cm³/mol. The highest BCUT2D eigenvalue weighted by atomic mass is 16.1. The molecule has 1 unspecified atom stereocenters. The Morgan fingerprint density at radius 3 is 2.89 bits per heavy atom. The third-order valence-electron chi connectivity index (χ3n) is 3.74. The first-order valence-corrected chi connectivity index (χ1v) is 6.58. The third kappa shape index (κ3) is 2.72. The second-order valence-corrected chi connectivity index (χ2v) is 5.07. The van der Waals surface area contributed by atoms with E-state index in [1.54, 1.807) is 4.68 Å². The number of hydrogen-bond acceptors (Lipinski definition) is 3. The highest BCUT2D eigenvalue weighted by molar-refractivity contribution is 5.96. The molecule has 1 aromatic rings. The molecule has 5 heteroatoms. The summed E-state index contributed by atoms with van der Waals surface area (Å²) >= 11 is 0. The molecule has 18 heavy (non-hydrogen) atoms. The van der Waals surface area contributed by atoms with E-state index in [0.29, 0.717) is 5.92 Å². The Labute approximate surface area is 108 Å². The van der Waals surface area contributed by atoms with Gasteiger partial charge in [-0.25, -0.2) is 0 Å². The second kappa shape index (κ2) is 5.52. The van der Waals surface area contributed by atoms with Crippen molar-refractivity contribution in [3.63, 3.8) is 0 Å². The molecule has 0 aromatic carbocycles. The molecule has 0 saturated carbocycles. The highest BCUT2D eigenvalue weighted by Gasteiger charge is 2.18. The van der Waals surface area contributed by atoms with E-state index in [1.807, 2.05) is 20.9 Å². The van der Waals surface area contributed by atoms with Crippen molar-refractivity contribution in [1.29, 1.82) is 0 Å². The van der Waals surface area contributed by atoms with Crippen LogP contribution in [0.25, 0.3) is 0 Å².